The molecule has 3 aromatic carbocycles. The molecule has 0 atom stereocenters. The lowest BCUT2D eigenvalue weighted by Gasteiger charge is -2.14. The van der Waals surface area contributed by atoms with E-state index in [1.54, 1.807) is 7.11 Å². The lowest BCUT2D eigenvalue weighted by atomic mass is 10.0. The number of hydrogen-bond donors (Lipinski definition) is 1. The standard InChI is InChI=1S/C29H33FN2O/c1-5-15-31-16-14-22-7-9-23(10-8-22)19-32-27-13-6-20(2)17-26(27)28(30)29(32)25-12-11-24(33-4)18-21(25)3/h6-13,17-18,31H,5,14-16,19H2,1-4H3. The van der Waals surface area contributed by atoms with Gasteiger partial charge in [0.25, 0.3) is 0 Å². The molecule has 1 N–H and O–H groups in total. The summed E-state index contributed by atoms with van der Waals surface area (Å²) in [6.07, 6.45) is 2.16. The van der Waals surface area contributed by atoms with E-state index in [0.29, 0.717) is 17.6 Å². The maximum atomic E-state index is 15.8. The van der Waals surface area contributed by atoms with Crippen molar-refractivity contribution in [3.63, 3.8) is 0 Å². The first-order valence-electron chi connectivity index (χ1n) is 11.7. The predicted octanol–water partition coefficient (Wildman–Crippen LogP) is 6.66. The third-order valence-electron chi connectivity index (χ3n) is 6.23. The average Bonchev–Trinajstić information content (AvgIpc) is 3.08. The van der Waals surface area contributed by atoms with Crippen molar-refractivity contribution in [2.24, 2.45) is 0 Å². The van der Waals surface area contributed by atoms with Gasteiger partial charge in [-0.05, 0) is 86.8 Å². The maximum absolute atomic E-state index is 15.8. The second-order valence-corrected chi connectivity index (χ2v) is 8.77. The molecule has 0 aliphatic carbocycles. The maximum Gasteiger partial charge on any atom is 0.156 e. The predicted molar refractivity (Wildman–Crippen MR) is 136 cm³/mol. The molecule has 1 aromatic heterocycles. The number of halogens is 1. The third kappa shape index (κ3) is 4.96. The second-order valence-electron chi connectivity index (χ2n) is 8.77. The van der Waals surface area contributed by atoms with Crippen LogP contribution in [0, 0.1) is 19.7 Å². The Hall–Kier alpha value is -3.11. The van der Waals surface area contributed by atoms with Crippen LogP contribution in [0.4, 0.5) is 4.39 Å². The summed E-state index contributed by atoms with van der Waals surface area (Å²) < 4.78 is 23.3. The summed E-state index contributed by atoms with van der Waals surface area (Å²) in [4.78, 5) is 0. The number of nitrogens with one attached hydrogen (secondary N) is 1. The van der Waals surface area contributed by atoms with Crippen molar-refractivity contribution < 1.29 is 9.13 Å². The number of fused-ring (bicyclic) bond motifs is 1. The molecule has 4 heteroatoms. The van der Waals surface area contributed by atoms with Gasteiger partial charge in [-0.3, -0.25) is 0 Å². The lowest BCUT2D eigenvalue weighted by molar-refractivity contribution is 0.414. The fourth-order valence-electron chi connectivity index (χ4n) is 4.41. The highest BCUT2D eigenvalue weighted by Crippen LogP contribution is 2.36. The summed E-state index contributed by atoms with van der Waals surface area (Å²) in [6, 6.07) is 20.5. The van der Waals surface area contributed by atoms with Crippen molar-refractivity contribution in [3.05, 3.63) is 88.7 Å². The molecule has 33 heavy (non-hydrogen) atoms. The molecule has 4 aromatic rings. The molecule has 172 valence electrons. The topological polar surface area (TPSA) is 26.2 Å². The van der Waals surface area contributed by atoms with Gasteiger partial charge >= 0.3 is 0 Å². The van der Waals surface area contributed by atoms with Gasteiger partial charge in [0.1, 0.15) is 5.75 Å². The van der Waals surface area contributed by atoms with Crippen LogP contribution >= 0.6 is 0 Å². The molecule has 4 rings (SSSR count). The van der Waals surface area contributed by atoms with Gasteiger partial charge in [0, 0.05) is 17.5 Å². The lowest BCUT2D eigenvalue weighted by Crippen LogP contribution is -2.17. The summed E-state index contributed by atoms with van der Waals surface area (Å²) in [5.41, 5.74) is 6.94. The van der Waals surface area contributed by atoms with Gasteiger partial charge in [0.05, 0.1) is 18.3 Å². The summed E-state index contributed by atoms with van der Waals surface area (Å²) in [5.74, 6) is 0.611. The van der Waals surface area contributed by atoms with E-state index in [1.807, 2.05) is 44.2 Å². The Labute approximate surface area is 196 Å². The number of hydrogen-bond acceptors (Lipinski definition) is 2. The Bertz CT molecular complexity index is 1240. The molecule has 0 saturated carbocycles. The minimum absolute atomic E-state index is 0.166. The number of nitrogens with zero attached hydrogens (tertiary/aromatic N) is 1. The zero-order valence-electron chi connectivity index (χ0n) is 20.0. The highest BCUT2D eigenvalue weighted by Gasteiger charge is 2.21. The van der Waals surface area contributed by atoms with Gasteiger partial charge in [-0.25, -0.2) is 4.39 Å². The number of aryl methyl sites for hydroxylation is 2. The van der Waals surface area contributed by atoms with E-state index < -0.39 is 0 Å². The van der Waals surface area contributed by atoms with Gasteiger partial charge < -0.3 is 14.6 Å². The zero-order valence-corrected chi connectivity index (χ0v) is 20.0. The minimum Gasteiger partial charge on any atom is -0.497 e. The van der Waals surface area contributed by atoms with Crippen LogP contribution in [0.25, 0.3) is 22.2 Å². The van der Waals surface area contributed by atoms with Crippen LogP contribution < -0.4 is 10.1 Å². The monoisotopic (exact) mass is 444 g/mol. The Morgan fingerprint density at radius 2 is 1.67 bits per heavy atom. The first-order chi connectivity index (χ1) is 16.0. The zero-order chi connectivity index (χ0) is 23.4. The SMILES string of the molecule is CCCNCCc1ccc(Cn2c(-c3ccc(OC)cc3C)c(F)c3cc(C)ccc32)cc1. The van der Waals surface area contributed by atoms with Crippen LogP contribution in [0.1, 0.15) is 35.6 Å². The third-order valence-corrected chi connectivity index (χ3v) is 6.23. The van der Waals surface area contributed by atoms with Gasteiger partial charge in [0.15, 0.2) is 5.82 Å². The molecule has 0 unspecified atom stereocenters. The van der Waals surface area contributed by atoms with E-state index in [0.717, 1.165) is 59.5 Å². The summed E-state index contributed by atoms with van der Waals surface area (Å²) in [5, 5.41) is 4.12. The molecule has 0 saturated heterocycles. The van der Waals surface area contributed by atoms with Crippen LogP contribution in [0.5, 0.6) is 5.75 Å². The quantitative estimate of drug-likeness (QED) is 0.292. The molecule has 0 amide bonds. The largest absolute Gasteiger partial charge is 0.497 e. The van der Waals surface area contributed by atoms with E-state index in [4.69, 9.17) is 4.74 Å². The number of ether oxygens (including phenoxy) is 1. The van der Waals surface area contributed by atoms with Crippen LogP contribution in [0.15, 0.2) is 60.7 Å². The summed E-state index contributed by atoms with van der Waals surface area (Å²) in [6.45, 7) is 8.84. The first-order valence-corrected chi connectivity index (χ1v) is 11.7. The molecule has 0 radical (unpaired) electrons. The molecule has 1 heterocycles. The Morgan fingerprint density at radius 1 is 0.909 bits per heavy atom. The number of methoxy groups -OCH3 is 1. The average molecular weight is 445 g/mol. The molecule has 3 nitrogen and oxygen atoms in total. The van der Waals surface area contributed by atoms with E-state index >= 15 is 4.39 Å². The van der Waals surface area contributed by atoms with E-state index in [-0.39, 0.29) is 5.82 Å². The van der Waals surface area contributed by atoms with E-state index in [1.165, 1.54) is 5.56 Å². The highest BCUT2D eigenvalue weighted by molar-refractivity contribution is 5.89. The van der Waals surface area contributed by atoms with Crippen molar-refractivity contribution in [2.75, 3.05) is 20.2 Å². The van der Waals surface area contributed by atoms with Crippen LogP contribution in [-0.2, 0) is 13.0 Å². The Balaban J connectivity index is 1.72. The van der Waals surface area contributed by atoms with Gasteiger partial charge in [-0.15, -0.1) is 0 Å². The molecular formula is C29H33FN2O. The second kappa shape index (κ2) is 10.2. The smallest absolute Gasteiger partial charge is 0.156 e. The molecular weight excluding hydrogens is 411 g/mol. The van der Waals surface area contributed by atoms with Crippen LogP contribution in [0.2, 0.25) is 0 Å². The number of aromatic nitrogens is 1. The molecule has 0 spiro atoms. The van der Waals surface area contributed by atoms with E-state index in [2.05, 4.69) is 47.1 Å². The minimum atomic E-state index is -0.166. The Morgan fingerprint density at radius 3 is 2.36 bits per heavy atom. The van der Waals surface area contributed by atoms with Crippen molar-refractivity contribution in [3.8, 4) is 17.0 Å². The van der Waals surface area contributed by atoms with Crippen molar-refractivity contribution in [1.82, 2.24) is 9.88 Å². The molecule has 0 aliphatic rings. The number of rotatable bonds is 9. The number of benzene rings is 3. The van der Waals surface area contributed by atoms with Crippen molar-refractivity contribution >= 4 is 10.9 Å². The van der Waals surface area contributed by atoms with Crippen LogP contribution in [-0.4, -0.2) is 24.8 Å². The van der Waals surface area contributed by atoms with Crippen molar-refractivity contribution in [2.45, 2.75) is 40.2 Å². The van der Waals surface area contributed by atoms with Gasteiger partial charge in [-0.1, -0.05) is 42.8 Å². The van der Waals surface area contributed by atoms with Crippen LogP contribution in [0.3, 0.4) is 0 Å². The first kappa shape index (κ1) is 23.1. The fraction of sp³-hybridized carbons (Fsp3) is 0.310. The molecule has 0 bridgehead atoms. The summed E-state index contributed by atoms with van der Waals surface area (Å²) in [7, 11) is 1.65. The Kier molecular flexibility index (Phi) is 7.14. The summed E-state index contributed by atoms with van der Waals surface area (Å²) >= 11 is 0. The van der Waals surface area contributed by atoms with Gasteiger partial charge in [0.2, 0.25) is 0 Å². The molecule has 0 fully saturated rings. The highest BCUT2D eigenvalue weighted by atomic mass is 19.1. The normalized spacial score (nSPS) is 11.3. The van der Waals surface area contributed by atoms with Crippen molar-refractivity contribution in [1.29, 1.82) is 0 Å². The molecule has 0 aliphatic heterocycles. The van der Waals surface area contributed by atoms with Gasteiger partial charge in [-0.2, -0.15) is 0 Å². The fourth-order valence-corrected chi connectivity index (χ4v) is 4.41. The van der Waals surface area contributed by atoms with E-state index in [9.17, 15) is 0 Å².